The number of hydrogen-bond donors (Lipinski definition) is 2. The zero-order chi connectivity index (χ0) is 14.3. The van der Waals surface area contributed by atoms with E-state index in [-0.39, 0.29) is 17.5 Å². The summed E-state index contributed by atoms with van der Waals surface area (Å²) in [5.41, 5.74) is 11.7. The fourth-order valence-electron chi connectivity index (χ4n) is 3.49. The molecule has 0 aromatic carbocycles. The number of nitrogen functional groups attached to an aromatic ring is 1. The van der Waals surface area contributed by atoms with Gasteiger partial charge in [0.1, 0.15) is 5.82 Å². The first-order valence-corrected chi connectivity index (χ1v) is 6.97. The second kappa shape index (κ2) is 4.90. The summed E-state index contributed by atoms with van der Waals surface area (Å²) in [6.07, 6.45) is 3.48. The molecule has 1 aliphatic heterocycles. The summed E-state index contributed by atoms with van der Waals surface area (Å²) in [4.78, 5) is 16.6. The number of hydrogen-bond acceptors (Lipinski definition) is 6. The molecule has 4 N–H and O–H groups in total. The lowest BCUT2D eigenvalue weighted by Gasteiger charge is -2.29. The highest BCUT2D eigenvalue weighted by Gasteiger charge is 2.39. The molecule has 3 atom stereocenters. The summed E-state index contributed by atoms with van der Waals surface area (Å²) in [6.45, 7) is 1.79. The minimum Gasteiger partial charge on any atom is -0.378 e. The largest absolute Gasteiger partial charge is 0.378 e. The van der Waals surface area contributed by atoms with E-state index in [1.54, 1.807) is 6.07 Å². The zero-order valence-corrected chi connectivity index (χ0v) is 11.2. The molecule has 2 heterocycles. The Morgan fingerprint density at radius 1 is 1.35 bits per heavy atom. The normalized spacial score (nSPS) is 29.2. The lowest BCUT2D eigenvalue weighted by Crippen LogP contribution is -2.38. The summed E-state index contributed by atoms with van der Waals surface area (Å²) < 4.78 is 0. The maximum Gasteiger partial charge on any atom is 0.311 e. The van der Waals surface area contributed by atoms with E-state index < -0.39 is 4.92 Å². The van der Waals surface area contributed by atoms with Crippen molar-refractivity contribution < 1.29 is 4.92 Å². The standard InChI is InChI=1S/C13H19N5O2/c14-10-3-1-2-8-6-17(7-9(8)10)12-5-4-11(18(19)20)13(15)16-12/h4-5,8-10H,1-3,6-7,14H2,(H2,15,16). The molecule has 1 aromatic heterocycles. The van der Waals surface area contributed by atoms with Crippen molar-refractivity contribution in [1.29, 1.82) is 0 Å². The van der Waals surface area contributed by atoms with E-state index >= 15 is 0 Å². The van der Waals surface area contributed by atoms with Gasteiger partial charge in [0.15, 0.2) is 0 Å². The fraction of sp³-hybridized carbons (Fsp3) is 0.615. The zero-order valence-electron chi connectivity index (χ0n) is 11.2. The lowest BCUT2D eigenvalue weighted by atomic mass is 9.78. The third-order valence-corrected chi connectivity index (χ3v) is 4.56. The van der Waals surface area contributed by atoms with Crippen LogP contribution < -0.4 is 16.4 Å². The SMILES string of the molecule is Nc1nc(N2CC3CCCC(N)C3C2)ccc1[N+](=O)[O-]. The number of aromatic nitrogens is 1. The first kappa shape index (κ1) is 13.1. The molecule has 3 unspecified atom stereocenters. The Kier molecular flexibility index (Phi) is 3.21. The van der Waals surface area contributed by atoms with E-state index in [0.717, 1.165) is 25.3 Å². The Morgan fingerprint density at radius 3 is 2.80 bits per heavy atom. The van der Waals surface area contributed by atoms with E-state index in [1.807, 2.05) is 0 Å². The van der Waals surface area contributed by atoms with Gasteiger partial charge in [-0.15, -0.1) is 0 Å². The number of pyridine rings is 1. The molecule has 0 bridgehead atoms. The molecule has 3 rings (SSSR count). The van der Waals surface area contributed by atoms with Gasteiger partial charge in [0.25, 0.3) is 0 Å². The molecule has 1 aliphatic carbocycles. The van der Waals surface area contributed by atoms with Crippen molar-refractivity contribution in [2.24, 2.45) is 17.6 Å². The molecule has 7 nitrogen and oxygen atoms in total. The Labute approximate surface area is 117 Å². The molecule has 1 saturated heterocycles. The van der Waals surface area contributed by atoms with Crippen LogP contribution in [0.2, 0.25) is 0 Å². The van der Waals surface area contributed by atoms with Crippen LogP contribution in [0.25, 0.3) is 0 Å². The van der Waals surface area contributed by atoms with E-state index in [9.17, 15) is 10.1 Å². The van der Waals surface area contributed by atoms with E-state index in [4.69, 9.17) is 11.5 Å². The van der Waals surface area contributed by atoms with Crippen LogP contribution in [-0.4, -0.2) is 29.0 Å². The maximum absolute atomic E-state index is 10.8. The minimum atomic E-state index is -0.508. The molecule has 20 heavy (non-hydrogen) atoms. The summed E-state index contributed by atoms with van der Waals surface area (Å²) >= 11 is 0. The van der Waals surface area contributed by atoms with E-state index in [2.05, 4.69) is 9.88 Å². The van der Waals surface area contributed by atoms with E-state index in [0.29, 0.717) is 11.8 Å². The topological polar surface area (TPSA) is 111 Å². The van der Waals surface area contributed by atoms with Crippen LogP contribution in [0.4, 0.5) is 17.3 Å². The van der Waals surface area contributed by atoms with Crippen molar-refractivity contribution in [3.05, 3.63) is 22.2 Å². The third kappa shape index (κ3) is 2.18. The molecule has 0 radical (unpaired) electrons. The second-order valence-electron chi connectivity index (χ2n) is 5.75. The van der Waals surface area contributed by atoms with Crippen LogP contribution in [0.1, 0.15) is 19.3 Å². The van der Waals surface area contributed by atoms with Crippen molar-refractivity contribution in [2.45, 2.75) is 25.3 Å². The van der Waals surface area contributed by atoms with Gasteiger partial charge in [-0.1, -0.05) is 6.42 Å². The summed E-state index contributed by atoms with van der Waals surface area (Å²) in [7, 11) is 0. The number of nitrogens with zero attached hydrogens (tertiary/aromatic N) is 3. The summed E-state index contributed by atoms with van der Waals surface area (Å²) in [6, 6.07) is 3.37. The summed E-state index contributed by atoms with van der Waals surface area (Å²) in [5.74, 6) is 1.81. The van der Waals surface area contributed by atoms with Crippen molar-refractivity contribution in [3.8, 4) is 0 Å². The van der Waals surface area contributed by atoms with Gasteiger partial charge in [0.05, 0.1) is 4.92 Å². The number of rotatable bonds is 2. The molecular weight excluding hydrogens is 258 g/mol. The van der Waals surface area contributed by atoms with Gasteiger partial charge in [0.2, 0.25) is 5.82 Å². The van der Waals surface area contributed by atoms with Gasteiger partial charge in [-0.25, -0.2) is 4.98 Å². The number of nitro groups is 1. The van der Waals surface area contributed by atoms with Crippen molar-refractivity contribution in [2.75, 3.05) is 23.7 Å². The molecule has 0 spiro atoms. The Bertz CT molecular complexity index is 535. The molecule has 1 aromatic rings. The monoisotopic (exact) mass is 277 g/mol. The molecule has 1 saturated carbocycles. The van der Waals surface area contributed by atoms with Gasteiger partial charge < -0.3 is 16.4 Å². The van der Waals surface area contributed by atoms with Gasteiger partial charge in [-0.05, 0) is 30.7 Å². The predicted molar refractivity (Wildman–Crippen MR) is 76.3 cm³/mol. The number of nitrogens with two attached hydrogens (primary N) is 2. The molecular formula is C13H19N5O2. The van der Waals surface area contributed by atoms with Gasteiger partial charge in [-0.2, -0.15) is 0 Å². The minimum absolute atomic E-state index is 0.0216. The third-order valence-electron chi connectivity index (χ3n) is 4.56. The molecule has 7 heteroatoms. The number of anilines is 2. The van der Waals surface area contributed by atoms with Crippen LogP contribution >= 0.6 is 0 Å². The van der Waals surface area contributed by atoms with Crippen LogP contribution in [-0.2, 0) is 0 Å². The highest BCUT2D eigenvalue weighted by atomic mass is 16.6. The van der Waals surface area contributed by atoms with Crippen LogP contribution in [0.15, 0.2) is 12.1 Å². The predicted octanol–water partition coefficient (Wildman–Crippen LogP) is 1.14. The molecule has 108 valence electrons. The fourth-order valence-corrected chi connectivity index (χ4v) is 3.49. The average Bonchev–Trinajstić information content (AvgIpc) is 2.83. The van der Waals surface area contributed by atoms with Crippen molar-refractivity contribution in [1.82, 2.24) is 4.98 Å². The highest BCUT2D eigenvalue weighted by Crippen LogP contribution is 2.37. The van der Waals surface area contributed by atoms with Gasteiger partial charge >= 0.3 is 5.69 Å². The lowest BCUT2D eigenvalue weighted by molar-refractivity contribution is -0.384. The second-order valence-corrected chi connectivity index (χ2v) is 5.75. The van der Waals surface area contributed by atoms with Crippen LogP contribution in [0.5, 0.6) is 0 Å². The number of fused-ring (bicyclic) bond motifs is 1. The van der Waals surface area contributed by atoms with Crippen molar-refractivity contribution >= 4 is 17.3 Å². The Morgan fingerprint density at radius 2 is 2.15 bits per heavy atom. The molecule has 2 aliphatic rings. The Balaban J connectivity index is 1.81. The smallest absolute Gasteiger partial charge is 0.311 e. The van der Waals surface area contributed by atoms with Crippen molar-refractivity contribution in [3.63, 3.8) is 0 Å². The highest BCUT2D eigenvalue weighted by molar-refractivity contribution is 5.58. The first-order valence-electron chi connectivity index (χ1n) is 6.97. The van der Waals surface area contributed by atoms with Crippen LogP contribution in [0.3, 0.4) is 0 Å². The molecule has 2 fully saturated rings. The van der Waals surface area contributed by atoms with Gasteiger partial charge in [-0.3, -0.25) is 10.1 Å². The molecule has 0 amide bonds. The van der Waals surface area contributed by atoms with Crippen LogP contribution in [0, 0.1) is 22.0 Å². The van der Waals surface area contributed by atoms with E-state index in [1.165, 1.54) is 18.9 Å². The Hall–Kier alpha value is -1.89. The quantitative estimate of drug-likeness (QED) is 0.619. The van der Waals surface area contributed by atoms with Gasteiger partial charge in [0, 0.05) is 25.2 Å². The first-order chi connectivity index (χ1) is 9.56. The maximum atomic E-state index is 10.8. The summed E-state index contributed by atoms with van der Waals surface area (Å²) in [5, 5.41) is 10.8. The average molecular weight is 277 g/mol.